The van der Waals surface area contributed by atoms with Crippen molar-refractivity contribution >= 4 is 34.9 Å². The monoisotopic (exact) mass is 402 g/mol. The van der Waals surface area contributed by atoms with Gasteiger partial charge in [-0.1, -0.05) is 50.3 Å². The topological polar surface area (TPSA) is 69.3 Å². The first-order chi connectivity index (χ1) is 14.5. The summed E-state index contributed by atoms with van der Waals surface area (Å²) in [5.41, 5.74) is 3.57. The van der Waals surface area contributed by atoms with E-state index in [-0.39, 0.29) is 17.7 Å². The van der Waals surface area contributed by atoms with Gasteiger partial charge >= 0.3 is 0 Å². The Bertz CT molecular complexity index is 1070. The van der Waals surface area contributed by atoms with Crippen molar-refractivity contribution in [2.24, 2.45) is 5.92 Å². The van der Waals surface area contributed by atoms with Crippen molar-refractivity contribution in [1.29, 1.82) is 0 Å². The normalized spacial score (nSPS) is 14.8. The summed E-state index contributed by atoms with van der Waals surface area (Å²) >= 11 is 0. The molecule has 0 radical (unpaired) electrons. The molecule has 3 aromatic rings. The minimum Gasteiger partial charge on any atom is -0.339 e. The summed E-state index contributed by atoms with van der Waals surface area (Å²) in [5, 5.41) is 8.45. The average Bonchev–Trinajstić information content (AvgIpc) is 3.20. The number of hydrogen-bond donors (Lipinski definition) is 1. The highest BCUT2D eigenvalue weighted by molar-refractivity contribution is 5.95. The molecule has 0 bridgehead atoms. The van der Waals surface area contributed by atoms with Crippen LogP contribution in [-0.2, 0) is 4.79 Å². The zero-order chi connectivity index (χ0) is 21.1. The highest BCUT2D eigenvalue weighted by Gasteiger charge is 2.25. The third-order valence-electron chi connectivity index (χ3n) is 5.46. The molecule has 1 fully saturated rings. The van der Waals surface area contributed by atoms with Crippen LogP contribution in [0.25, 0.3) is 23.1 Å². The molecule has 0 saturated carbocycles. The number of carbonyl (C=O) groups is 2. The number of amides is 2. The molecule has 0 unspecified atom stereocenters. The molecule has 2 aromatic carbocycles. The number of hydrogen-bond acceptors (Lipinski definition) is 3. The van der Waals surface area contributed by atoms with Crippen LogP contribution in [0.1, 0.15) is 35.5 Å². The SMILES string of the molecule is CC(C)C(=O)N1CCN(C(=O)c2ccc(C=Cc3n[nH]c4ccccc34)cc2)CC1. The summed E-state index contributed by atoms with van der Waals surface area (Å²) in [6.45, 7) is 6.16. The van der Waals surface area contributed by atoms with Crippen molar-refractivity contribution in [1.82, 2.24) is 20.0 Å². The molecule has 6 heteroatoms. The van der Waals surface area contributed by atoms with E-state index in [1.165, 1.54) is 0 Å². The fraction of sp³-hybridized carbons (Fsp3) is 0.292. The Morgan fingerprint density at radius 3 is 2.30 bits per heavy atom. The van der Waals surface area contributed by atoms with Gasteiger partial charge in [0.2, 0.25) is 5.91 Å². The number of fused-ring (bicyclic) bond motifs is 1. The summed E-state index contributed by atoms with van der Waals surface area (Å²) in [6, 6.07) is 15.6. The zero-order valence-corrected chi connectivity index (χ0v) is 17.3. The second-order valence-corrected chi connectivity index (χ2v) is 7.88. The average molecular weight is 402 g/mol. The first-order valence-electron chi connectivity index (χ1n) is 10.3. The van der Waals surface area contributed by atoms with Gasteiger partial charge in [-0.05, 0) is 29.8 Å². The number of carbonyl (C=O) groups excluding carboxylic acids is 2. The molecular weight excluding hydrogens is 376 g/mol. The molecule has 1 aliphatic rings. The first kappa shape index (κ1) is 19.9. The van der Waals surface area contributed by atoms with Crippen LogP contribution in [0, 0.1) is 5.92 Å². The molecule has 6 nitrogen and oxygen atoms in total. The standard InChI is InChI=1S/C24H26N4O2/c1-17(2)23(29)27-13-15-28(16-14-27)24(30)19-10-7-18(8-11-19)9-12-22-20-5-3-4-6-21(20)25-26-22/h3-12,17H,13-16H2,1-2H3,(H,25,26). The summed E-state index contributed by atoms with van der Waals surface area (Å²) in [7, 11) is 0. The lowest BCUT2D eigenvalue weighted by Crippen LogP contribution is -2.51. The predicted molar refractivity (Wildman–Crippen MR) is 119 cm³/mol. The van der Waals surface area contributed by atoms with E-state index >= 15 is 0 Å². The van der Waals surface area contributed by atoms with Crippen molar-refractivity contribution < 1.29 is 9.59 Å². The van der Waals surface area contributed by atoms with Crippen LogP contribution >= 0.6 is 0 Å². The molecule has 0 atom stereocenters. The Labute approximate surface area is 176 Å². The van der Waals surface area contributed by atoms with Gasteiger partial charge in [-0.15, -0.1) is 0 Å². The Morgan fingerprint density at radius 2 is 1.60 bits per heavy atom. The molecule has 2 heterocycles. The maximum absolute atomic E-state index is 12.8. The smallest absolute Gasteiger partial charge is 0.253 e. The molecule has 1 saturated heterocycles. The van der Waals surface area contributed by atoms with Gasteiger partial charge in [-0.3, -0.25) is 14.7 Å². The quantitative estimate of drug-likeness (QED) is 0.724. The van der Waals surface area contributed by atoms with Gasteiger partial charge in [-0.2, -0.15) is 5.10 Å². The van der Waals surface area contributed by atoms with Gasteiger partial charge in [0.25, 0.3) is 5.91 Å². The van der Waals surface area contributed by atoms with E-state index < -0.39 is 0 Å². The number of aromatic nitrogens is 2. The van der Waals surface area contributed by atoms with E-state index in [9.17, 15) is 9.59 Å². The van der Waals surface area contributed by atoms with Gasteiger partial charge in [-0.25, -0.2) is 0 Å². The third-order valence-corrected chi connectivity index (χ3v) is 5.46. The van der Waals surface area contributed by atoms with E-state index in [0.717, 1.165) is 22.2 Å². The van der Waals surface area contributed by atoms with Crippen molar-refractivity contribution in [2.45, 2.75) is 13.8 Å². The van der Waals surface area contributed by atoms with E-state index in [1.807, 2.05) is 84.3 Å². The highest BCUT2D eigenvalue weighted by Crippen LogP contribution is 2.18. The van der Waals surface area contributed by atoms with E-state index in [2.05, 4.69) is 10.2 Å². The minimum atomic E-state index is -0.00712. The number of piperazine rings is 1. The Kier molecular flexibility index (Phi) is 5.65. The second kappa shape index (κ2) is 8.53. The maximum Gasteiger partial charge on any atom is 0.253 e. The maximum atomic E-state index is 12.8. The number of aromatic amines is 1. The van der Waals surface area contributed by atoms with Gasteiger partial charge < -0.3 is 9.80 Å². The van der Waals surface area contributed by atoms with Crippen molar-refractivity contribution in [2.75, 3.05) is 26.2 Å². The van der Waals surface area contributed by atoms with Crippen LogP contribution in [-0.4, -0.2) is 58.0 Å². The summed E-state index contributed by atoms with van der Waals surface area (Å²) in [6.07, 6.45) is 3.97. The fourth-order valence-corrected chi connectivity index (χ4v) is 3.70. The van der Waals surface area contributed by atoms with Crippen LogP contribution < -0.4 is 0 Å². The lowest BCUT2D eigenvalue weighted by atomic mass is 10.1. The molecule has 1 aliphatic heterocycles. The number of para-hydroxylation sites is 1. The number of benzene rings is 2. The zero-order valence-electron chi connectivity index (χ0n) is 17.3. The van der Waals surface area contributed by atoms with Gasteiger partial charge in [0, 0.05) is 43.0 Å². The summed E-state index contributed by atoms with van der Waals surface area (Å²) < 4.78 is 0. The van der Waals surface area contributed by atoms with Crippen LogP contribution in [0.5, 0.6) is 0 Å². The first-order valence-corrected chi connectivity index (χ1v) is 10.3. The molecule has 0 aliphatic carbocycles. The Balaban J connectivity index is 1.39. The highest BCUT2D eigenvalue weighted by atomic mass is 16.2. The third kappa shape index (κ3) is 4.13. The van der Waals surface area contributed by atoms with Gasteiger partial charge in [0.1, 0.15) is 0 Å². The molecule has 154 valence electrons. The van der Waals surface area contributed by atoms with Crippen molar-refractivity contribution in [3.05, 3.63) is 65.4 Å². The summed E-state index contributed by atoms with van der Waals surface area (Å²) in [5.74, 6) is 0.163. The largest absolute Gasteiger partial charge is 0.339 e. The van der Waals surface area contributed by atoms with Crippen LogP contribution in [0.2, 0.25) is 0 Å². The van der Waals surface area contributed by atoms with E-state index in [1.54, 1.807) is 0 Å². The Hall–Kier alpha value is -3.41. The Morgan fingerprint density at radius 1 is 0.933 bits per heavy atom. The number of rotatable bonds is 4. The molecule has 1 aromatic heterocycles. The van der Waals surface area contributed by atoms with Gasteiger partial charge in [0.05, 0.1) is 11.2 Å². The number of H-pyrrole nitrogens is 1. The van der Waals surface area contributed by atoms with Crippen LogP contribution in [0.3, 0.4) is 0 Å². The van der Waals surface area contributed by atoms with Crippen molar-refractivity contribution in [3.8, 4) is 0 Å². The number of nitrogens with one attached hydrogen (secondary N) is 1. The molecule has 1 N–H and O–H groups in total. The molecule has 30 heavy (non-hydrogen) atoms. The molecular formula is C24H26N4O2. The van der Waals surface area contributed by atoms with E-state index in [0.29, 0.717) is 31.7 Å². The van der Waals surface area contributed by atoms with Crippen LogP contribution in [0.4, 0.5) is 0 Å². The summed E-state index contributed by atoms with van der Waals surface area (Å²) in [4.78, 5) is 28.6. The van der Waals surface area contributed by atoms with E-state index in [4.69, 9.17) is 0 Å². The lowest BCUT2D eigenvalue weighted by molar-refractivity contribution is -0.135. The lowest BCUT2D eigenvalue weighted by Gasteiger charge is -2.35. The minimum absolute atomic E-state index is 0.00712. The van der Waals surface area contributed by atoms with Gasteiger partial charge in [0.15, 0.2) is 0 Å². The number of nitrogens with zero attached hydrogens (tertiary/aromatic N) is 3. The predicted octanol–water partition coefficient (Wildman–Crippen LogP) is 3.67. The second-order valence-electron chi connectivity index (χ2n) is 7.88. The molecule has 2 amide bonds. The van der Waals surface area contributed by atoms with Crippen LogP contribution in [0.15, 0.2) is 48.5 Å². The molecule has 0 spiro atoms. The fourth-order valence-electron chi connectivity index (χ4n) is 3.70. The van der Waals surface area contributed by atoms with Crippen molar-refractivity contribution in [3.63, 3.8) is 0 Å². The molecule has 4 rings (SSSR count).